The van der Waals surface area contributed by atoms with Crippen LogP contribution in [0, 0.1) is 0 Å². The van der Waals surface area contributed by atoms with Crippen molar-refractivity contribution < 1.29 is 14.3 Å². The van der Waals surface area contributed by atoms with Gasteiger partial charge in [0.1, 0.15) is 0 Å². The summed E-state index contributed by atoms with van der Waals surface area (Å²) in [5.74, 6) is 0.224. The van der Waals surface area contributed by atoms with E-state index in [2.05, 4.69) is 15.6 Å². The quantitative estimate of drug-likeness (QED) is 0.713. The molecule has 6 nitrogen and oxygen atoms in total. The van der Waals surface area contributed by atoms with Gasteiger partial charge in [-0.25, -0.2) is 4.98 Å². The Hall–Kier alpha value is -3.19. The molecule has 0 saturated carbocycles. The van der Waals surface area contributed by atoms with Crippen LogP contribution in [0.5, 0.6) is 5.88 Å². The van der Waals surface area contributed by atoms with E-state index in [-0.39, 0.29) is 11.8 Å². The van der Waals surface area contributed by atoms with Gasteiger partial charge >= 0.3 is 0 Å². The number of carbonyl (C=O) groups excluding carboxylic acids is 2. The average Bonchev–Trinajstić information content (AvgIpc) is 3.13. The van der Waals surface area contributed by atoms with Gasteiger partial charge in [-0.05, 0) is 42.5 Å². The molecule has 0 bridgehead atoms. The van der Waals surface area contributed by atoms with Crippen LogP contribution < -0.4 is 15.4 Å². The molecule has 3 aromatic rings. The van der Waals surface area contributed by atoms with Gasteiger partial charge in [0.15, 0.2) is 0 Å². The molecule has 2 heterocycles. The first-order valence-corrected chi connectivity index (χ1v) is 8.66. The molecule has 3 rings (SSSR count). The predicted molar refractivity (Wildman–Crippen MR) is 103 cm³/mol. The Bertz CT molecular complexity index is 918. The van der Waals surface area contributed by atoms with Crippen LogP contribution >= 0.6 is 11.3 Å². The maximum absolute atomic E-state index is 12.4. The number of nitrogens with zero attached hydrogens (tertiary/aromatic N) is 1. The van der Waals surface area contributed by atoms with Crippen molar-refractivity contribution in [3.8, 4) is 16.3 Å². The van der Waals surface area contributed by atoms with Crippen LogP contribution in [0.25, 0.3) is 10.4 Å². The molecule has 1 aromatic carbocycles. The summed E-state index contributed by atoms with van der Waals surface area (Å²) in [7, 11) is 1.57. The van der Waals surface area contributed by atoms with Gasteiger partial charge in [0, 0.05) is 41.0 Å². The first-order valence-electron chi connectivity index (χ1n) is 7.84. The highest BCUT2D eigenvalue weighted by molar-refractivity contribution is 7.17. The fourth-order valence-electron chi connectivity index (χ4n) is 2.29. The van der Waals surface area contributed by atoms with Gasteiger partial charge in [0.25, 0.3) is 5.91 Å². The summed E-state index contributed by atoms with van der Waals surface area (Å²) in [6.07, 6.45) is 1.72. The Morgan fingerprint density at radius 1 is 0.962 bits per heavy atom. The minimum absolute atomic E-state index is 0.138. The molecule has 0 fully saturated rings. The number of pyridine rings is 1. The predicted octanol–water partition coefficient (Wildman–Crippen LogP) is 4.03. The molecule has 0 aliphatic heterocycles. The van der Waals surface area contributed by atoms with Crippen LogP contribution in [0.4, 0.5) is 11.4 Å². The largest absolute Gasteiger partial charge is 0.481 e. The second-order valence-electron chi connectivity index (χ2n) is 5.47. The van der Waals surface area contributed by atoms with E-state index in [1.54, 1.807) is 49.7 Å². The lowest BCUT2D eigenvalue weighted by atomic mass is 10.2. The van der Waals surface area contributed by atoms with E-state index in [1.165, 1.54) is 18.3 Å². The van der Waals surface area contributed by atoms with Crippen LogP contribution in [-0.2, 0) is 4.79 Å². The van der Waals surface area contributed by atoms with Gasteiger partial charge < -0.3 is 15.4 Å². The number of anilines is 2. The fourth-order valence-corrected chi connectivity index (χ4v) is 3.19. The third kappa shape index (κ3) is 4.25. The van der Waals surface area contributed by atoms with E-state index >= 15 is 0 Å². The second-order valence-corrected chi connectivity index (χ2v) is 6.55. The van der Waals surface area contributed by atoms with Gasteiger partial charge in [0.2, 0.25) is 11.8 Å². The highest BCUT2D eigenvalue weighted by Crippen LogP contribution is 2.29. The molecule has 0 radical (unpaired) electrons. The monoisotopic (exact) mass is 367 g/mol. The molecular formula is C19H17N3O3S. The number of carbonyl (C=O) groups is 2. The van der Waals surface area contributed by atoms with Crippen molar-refractivity contribution >= 4 is 34.5 Å². The number of aromatic nitrogens is 1. The molecule has 2 N–H and O–H groups in total. The van der Waals surface area contributed by atoms with Crippen molar-refractivity contribution in [2.45, 2.75) is 6.92 Å². The minimum Gasteiger partial charge on any atom is -0.481 e. The summed E-state index contributed by atoms with van der Waals surface area (Å²) in [5.41, 5.74) is 2.26. The van der Waals surface area contributed by atoms with E-state index < -0.39 is 0 Å². The number of methoxy groups -OCH3 is 1. The Labute approximate surface area is 154 Å². The lowest BCUT2D eigenvalue weighted by Crippen LogP contribution is -2.10. The van der Waals surface area contributed by atoms with E-state index in [0.717, 1.165) is 10.4 Å². The van der Waals surface area contributed by atoms with Crippen LogP contribution in [0.3, 0.4) is 0 Å². The molecule has 0 spiro atoms. The van der Waals surface area contributed by atoms with E-state index in [1.807, 2.05) is 12.1 Å². The molecule has 2 amide bonds. The number of amides is 2. The SMILES string of the molecule is COc1ccc(-c2ccc(C(=O)Nc3ccc(NC(C)=O)cc3)s2)cn1. The Morgan fingerprint density at radius 2 is 1.65 bits per heavy atom. The molecule has 132 valence electrons. The van der Waals surface area contributed by atoms with Crippen molar-refractivity contribution in [3.05, 3.63) is 59.6 Å². The fraction of sp³-hybridized carbons (Fsp3) is 0.105. The summed E-state index contributed by atoms with van der Waals surface area (Å²) in [6.45, 7) is 1.45. The van der Waals surface area contributed by atoms with Gasteiger partial charge in [-0.2, -0.15) is 0 Å². The highest BCUT2D eigenvalue weighted by Gasteiger charge is 2.11. The highest BCUT2D eigenvalue weighted by atomic mass is 32.1. The number of rotatable bonds is 5. The van der Waals surface area contributed by atoms with E-state index in [9.17, 15) is 9.59 Å². The lowest BCUT2D eigenvalue weighted by Gasteiger charge is -2.06. The summed E-state index contributed by atoms with van der Waals surface area (Å²) in [6, 6.07) is 14.3. The topological polar surface area (TPSA) is 80.3 Å². The molecule has 2 aromatic heterocycles. The zero-order valence-electron chi connectivity index (χ0n) is 14.3. The summed E-state index contributed by atoms with van der Waals surface area (Å²) in [5, 5.41) is 5.53. The van der Waals surface area contributed by atoms with Crippen molar-refractivity contribution in [1.29, 1.82) is 0 Å². The van der Waals surface area contributed by atoms with Crippen LogP contribution in [-0.4, -0.2) is 23.9 Å². The van der Waals surface area contributed by atoms with Crippen molar-refractivity contribution in [2.24, 2.45) is 0 Å². The lowest BCUT2D eigenvalue weighted by molar-refractivity contribution is -0.114. The average molecular weight is 367 g/mol. The molecule has 26 heavy (non-hydrogen) atoms. The standard InChI is InChI=1S/C19H17N3O3S/c1-12(23)21-14-4-6-15(7-5-14)22-19(24)17-9-8-16(26-17)13-3-10-18(25-2)20-11-13/h3-11H,1-2H3,(H,21,23)(H,22,24). The van der Waals surface area contributed by atoms with Crippen LogP contribution in [0.1, 0.15) is 16.6 Å². The van der Waals surface area contributed by atoms with Crippen molar-refractivity contribution in [2.75, 3.05) is 17.7 Å². The van der Waals surface area contributed by atoms with Gasteiger partial charge in [-0.15, -0.1) is 11.3 Å². The second kappa shape index (κ2) is 7.79. The Morgan fingerprint density at radius 3 is 2.23 bits per heavy atom. The smallest absolute Gasteiger partial charge is 0.265 e. The maximum Gasteiger partial charge on any atom is 0.265 e. The third-order valence-electron chi connectivity index (χ3n) is 3.52. The molecule has 0 aliphatic rings. The van der Waals surface area contributed by atoms with Crippen LogP contribution in [0.15, 0.2) is 54.7 Å². The minimum atomic E-state index is -0.185. The summed E-state index contributed by atoms with van der Waals surface area (Å²) >= 11 is 1.39. The number of benzene rings is 1. The number of thiophene rings is 1. The summed E-state index contributed by atoms with van der Waals surface area (Å²) < 4.78 is 5.05. The Kier molecular flexibility index (Phi) is 5.28. The zero-order chi connectivity index (χ0) is 18.5. The number of hydrogen-bond acceptors (Lipinski definition) is 5. The maximum atomic E-state index is 12.4. The van der Waals surface area contributed by atoms with Crippen molar-refractivity contribution in [1.82, 2.24) is 4.98 Å². The van der Waals surface area contributed by atoms with Gasteiger partial charge in [0.05, 0.1) is 12.0 Å². The van der Waals surface area contributed by atoms with Gasteiger partial charge in [-0.1, -0.05) is 0 Å². The summed E-state index contributed by atoms with van der Waals surface area (Å²) in [4.78, 5) is 29.2. The van der Waals surface area contributed by atoms with E-state index in [4.69, 9.17) is 4.74 Å². The molecule has 7 heteroatoms. The molecule has 0 atom stereocenters. The normalized spacial score (nSPS) is 10.2. The molecule has 0 saturated heterocycles. The number of nitrogens with one attached hydrogen (secondary N) is 2. The molecular weight excluding hydrogens is 350 g/mol. The van der Waals surface area contributed by atoms with E-state index in [0.29, 0.717) is 22.1 Å². The molecule has 0 aliphatic carbocycles. The molecule has 0 unspecified atom stereocenters. The first-order chi connectivity index (χ1) is 12.5. The first kappa shape index (κ1) is 17.6. The van der Waals surface area contributed by atoms with Crippen LogP contribution in [0.2, 0.25) is 0 Å². The third-order valence-corrected chi connectivity index (χ3v) is 4.66. The van der Waals surface area contributed by atoms with Gasteiger partial charge in [-0.3, -0.25) is 9.59 Å². The van der Waals surface area contributed by atoms with Crippen molar-refractivity contribution in [3.63, 3.8) is 0 Å². The Balaban J connectivity index is 1.68. The zero-order valence-corrected chi connectivity index (χ0v) is 15.1. The number of hydrogen-bond donors (Lipinski definition) is 2. The number of ether oxygens (including phenoxy) is 1.